The number of piperidine rings is 1. The summed E-state index contributed by atoms with van der Waals surface area (Å²) in [5.41, 5.74) is 1.19. The predicted octanol–water partition coefficient (Wildman–Crippen LogP) is 4.50. The van der Waals surface area contributed by atoms with E-state index >= 15 is 0 Å². The molecule has 1 saturated heterocycles. The quantitative estimate of drug-likeness (QED) is 0.432. The van der Waals surface area contributed by atoms with Crippen LogP contribution in [-0.4, -0.2) is 44.2 Å². The Balaban J connectivity index is 1.20. The molecule has 11 heteroatoms. The second kappa shape index (κ2) is 9.74. The molecule has 0 radical (unpaired) electrons. The fourth-order valence-corrected chi connectivity index (χ4v) is 4.61. The molecule has 3 heterocycles. The van der Waals surface area contributed by atoms with Gasteiger partial charge < -0.3 is 9.84 Å². The first-order valence-electron chi connectivity index (χ1n) is 10.7. The van der Waals surface area contributed by atoms with Crippen LogP contribution in [0.25, 0.3) is 11.4 Å². The number of nitrogens with zero attached hydrogens (tertiary/aromatic N) is 5. The second-order valence-corrected chi connectivity index (χ2v) is 9.06. The lowest BCUT2D eigenvalue weighted by molar-refractivity contribution is 0.102. The molecule has 2 aromatic carbocycles. The molecule has 4 aromatic rings. The molecule has 1 aliphatic rings. The standard InChI is InChI=1S/C23H20F2N6O2S/c24-16-5-3-14(4-6-16)20-27-22(33-30-20)15-2-1-11-31(12-15)13-19-28-29-23(34-19)21(32)26-18-9-7-17(25)8-10-18/h3-10,15H,1-2,11-13H2,(H,26,32). The van der Waals surface area contributed by atoms with Crippen LogP contribution in [0.1, 0.15) is 39.5 Å². The van der Waals surface area contributed by atoms with Gasteiger partial charge in [-0.3, -0.25) is 9.69 Å². The van der Waals surface area contributed by atoms with Gasteiger partial charge in [0, 0.05) is 17.8 Å². The van der Waals surface area contributed by atoms with E-state index in [2.05, 4.69) is 30.6 Å². The maximum Gasteiger partial charge on any atom is 0.286 e. The van der Waals surface area contributed by atoms with Gasteiger partial charge in [-0.1, -0.05) is 16.5 Å². The number of halogens is 2. The number of hydrogen-bond acceptors (Lipinski definition) is 8. The first kappa shape index (κ1) is 22.2. The minimum Gasteiger partial charge on any atom is -0.339 e. The number of benzene rings is 2. The summed E-state index contributed by atoms with van der Waals surface area (Å²) in [5.74, 6) is -0.00390. The minimum atomic E-state index is -0.383. The van der Waals surface area contributed by atoms with Crippen LogP contribution in [0.5, 0.6) is 0 Å². The Morgan fingerprint density at radius 2 is 1.82 bits per heavy atom. The van der Waals surface area contributed by atoms with E-state index in [4.69, 9.17) is 4.52 Å². The summed E-state index contributed by atoms with van der Waals surface area (Å²) in [6.07, 6.45) is 1.87. The van der Waals surface area contributed by atoms with Crippen LogP contribution in [-0.2, 0) is 6.54 Å². The van der Waals surface area contributed by atoms with Crippen LogP contribution < -0.4 is 5.32 Å². The Morgan fingerprint density at radius 3 is 2.59 bits per heavy atom. The summed E-state index contributed by atoms with van der Waals surface area (Å²) in [4.78, 5) is 19.2. The van der Waals surface area contributed by atoms with Crippen LogP contribution in [0.2, 0.25) is 0 Å². The van der Waals surface area contributed by atoms with Gasteiger partial charge in [-0.2, -0.15) is 4.98 Å². The molecule has 8 nitrogen and oxygen atoms in total. The number of amides is 1. The Hall–Kier alpha value is -3.57. The summed E-state index contributed by atoms with van der Waals surface area (Å²) in [7, 11) is 0. The van der Waals surface area contributed by atoms with Crippen molar-refractivity contribution in [2.45, 2.75) is 25.3 Å². The first-order valence-corrected chi connectivity index (χ1v) is 11.6. The van der Waals surface area contributed by atoms with E-state index < -0.39 is 0 Å². The number of anilines is 1. The van der Waals surface area contributed by atoms with Crippen LogP contribution >= 0.6 is 11.3 Å². The zero-order chi connectivity index (χ0) is 23.5. The molecular weight excluding hydrogens is 462 g/mol. The van der Waals surface area contributed by atoms with Crippen molar-refractivity contribution in [3.8, 4) is 11.4 Å². The van der Waals surface area contributed by atoms with E-state index in [1.165, 1.54) is 47.7 Å². The molecule has 1 amide bonds. The number of nitrogens with one attached hydrogen (secondary N) is 1. The molecule has 34 heavy (non-hydrogen) atoms. The van der Waals surface area contributed by atoms with E-state index in [1.54, 1.807) is 12.1 Å². The predicted molar refractivity (Wildman–Crippen MR) is 121 cm³/mol. The lowest BCUT2D eigenvalue weighted by Crippen LogP contribution is -2.34. The van der Waals surface area contributed by atoms with Crippen LogP contribution in [0.15, 0.2) is 53.1 Å². The Morgan fingerprint density at radius 1 is 1.09 bits per heavy atom. The normalized spacial score (nSPS) is 16.5. The third-order valence-corrected chi connectivity index (χ3v) is 6.43. The summed E-state index contributed by atoms with van der Waals surface area (Å²) in [6.45, 7) is 2.14. The summed E-state index contributed by atoms with van der Waals surface area (Å²) in [5, 5.41) is 15.9. The van der Waals surface area contributed by atoms with E-state index in [1.807, 2.05) is 0 Å². The van der Waals surface area contributed by atoms with E-state index in [0.29, 0.717) is 36.1 Å². The van der Waals surface area contributed by atoms with Crippen molar-refractivity contribution >= 4 is 22.9 Å². The van der Waals surface area contributed by atoms with Gasteiger partial charge in [-0.15, -0.1) is 10.2 Å². The zero-order valence-corrected chi connectivity index (χ0v) is 18.8. The molecule has 174 valence electrons. The first-order chi connectivity index (χ1) is 16.5. The SMILES string of the molecule is O=C(Nc1ccc(F)cc1)c1nnc(CN2CCCC(c3nc(-c4ccc(F)cc4)no3)C2)s1. The molecule has 5 rings (SSSR count). The Labute approximate surface area is 197 Å². The van der Waals surface area contributed by atoms with E-state index in [-0.39, 0.29) is 28.5 Å². The molecule has 1 unspecified atom stereocenters. The van der Waals surface area contributed by atoms with Gasteiger partial charge in [0.15, 0.2) is 0 Å². The maximum absolute atomic E-state index is 13.2. The average Bonchev–Trinajstić information content (AvgIpc) is 3.52. The maximum atomic E-state index is 13.2. The lowest BCUT2D eigenvalue weighted by Gasteiger charge is -2.29. The van der Waals surface area contributed by atoms with Crippen molar-refractivity contribution in [1.29, 1.82) is 0 Å². The van der Waals surface area contributed by atoms with Crippen LogP contribution in [0.3, 0.4) is 0 Å². The van der Waals surface area contributed by atoms with Gasteiger partial charge in [0.05, 0.1) is 12.5 Å². The zero-order valence-electron chi connectivity index (χ0n) is 17.9. The number of hydrogen-bond donors (Lipinski definition) is 1. The summed E-state index contributed by atoms with van der Waals surface area (Å²) in [6, 6.07) is 11.5. The number of rotatable bonds is 6. The number of carbonyl (C=O) groups excluding carboxylic acids is 1. The highest BCUT2D eigenvalue weighted by Crippen LogP contribution is 2.29. The molecule has 1 fully saturated rings. The number of aromatic nitrogens is 4. The van der Waals surface area contributed by atoms with Gasteiger partial charge in [0.1, 0.15) is 16.6 Å². The summed E-state index contributed by atoms with van der Waals surface area (Å²) >= 11 is 1.22. The highest BCUT2D eigenvalue weighted by Gasteiger charge is 2.27. The molecule has 0 aliphatic carbocycles. The fraction of sp³-hybridized carbons (Fsp3) is 0.261. The topological polar surface area (TPSA) is 97.0 Å². The van der Waals surface area contributed by atoms with Gasteiger partial charge in [-0.25, -0.2) is 8.78 Å². The van der Waals surface area contributed by atoms with Gasteiger partial charge in [0.25, 0.3) is 5.91 Å². The largest absolute Gasteiger partial charge is 0.339 e. The second-order valence-electron chi connectivity index (χ2n) is 8.00. The molecule has 2 aromatic heterocycles. The molecule has 1 N–H and O–H groups in total. The lowest BCUT2D eigenvalue weighted by atomic mass is 9.98. The van der Waals surface area contributed by atoms with Crippen LogP contribution in [0.4, 0.5) is 14.5 Å². The van der Waals surface area contributed by atoms with Crippen molar-refractivity contribution in [3.63, 3.8) is 0 Å². The monoisotopic (exact) mass is 482 g/mol. The van der Waals surface area contributed by atoms with Crippen molar-refractivity contribution in [3.05, 3.63) is 76.1 Å². The molecule has 1 atom stereocenters. The summed E-state index contributed by atoms with van der Waals surface area (Å²) < 4.78 is 31.7. The fourth-order valence-electron chi connectivity index (χ4n) is 3.84. The van der Waals surface area contributed by atoms with Crippen LogP contribution in [0, 0.1) is 11.6 Å². The highest BCUT2D eigenvalue weighted by atomic mass is 32.1. The van der Waals surface area contributed by atoms with Gasteiger partial charge in [-0.05, 0) is 67.9 Å². The molecule has 0 bridgehead atoms. The Kier molecular flexibility index (Phi) is 6.37. The molecule has 0 saturated carbocycles. The van der Waals surface area contributed by atoms with Gasteiger partial charge in [0.2, 0.25) is 16.7 Å². The average molecular weight is 483 g/mol. The highest BCUT2D eigenvalue weighted by molar-refractivity contribution is 7.13. The third-order valence-electron chi connectivity index (χ3n) is 5.52. The molecule has 1 aliphatic heterocycles. The van der Waals surface area contributed by atoms with E-state index in [9.17, 15) is 13.6 Å². The Bertz CT molecular complexity index is 1280. The van der Waals surface area contributed by atoms with Crippen molar-refractivity contribution < 1.29 is 18.1 Å². The third kappa shape index (κ3) is 5.15. The van der Waals surface area contributed by atoms with Crippen molar-refractivity contribution in [1.82, 2.24) is 25.2 Å². The molecular formula is C23H20F2N6O2S. The van der Waals surface area contributed by atoms with Crippen molar-refractivity contribution in [2.24, 2.45) is 0 Å². The minimum absolute atomic E-state index is 0.0737. The van der Waals surface area contributed by atoms with Crippen molar-refractivity contribution in [2.75, 3.05) is 18.4 Å². The number of carbonyl (C=O) groups is 1. The molecule has 0 spiro atoms. The van der Waals surface area contributed by atoms with Gasteiger partial charge >= 0.3 is 0 Å². The smallest absolute Gasteiger partial charge is 0.286 e. The number of likely N-dealkylation sites (tertiary alicyclic amines) is 1. The van der Waals surface area contributed by atoms with E-state index in [0.717, 1.165) is 24.4 Å².